The number of benzene rings is 2. The maximum absolute atomic E-state index is 13.0. The summed E-state index contributed by atoms with van der Waals surface area (Å²) in [5.74, 6) is -0.530. The number of amides is 1. The third-order valence-electron chi connectivity index (χ3n) is 3.62. The summed E-state index contributed by atoms with van der Waals surface area (Å²) in [6.45, 7) is 1.86. The molecule has 1 N–H and O–H groups in total. The highest BCUT2D eigenvalue weighted by atomic mass is 19.1. The van der Waals surface area contributed by atoms with Gasteiger partial charge in [0.2, 0.25) is 0 Å². The van der Waals surface area contributed by atoms with Gasteiger partial charge in [-0.05, 0) is 36.8 Å². The number of nitrogens with one attached hydrogen (secondary N) is 1. The number of carbonyl (C=O) groups excluding carboxylic acids is 1. The molecule has 4 nitrogen and oxygen atoms in total. The summed E-state index contributed by atoms with van der Waals surface area (Å²) in [4.78, 5) is 16.6. The van der Waals surface area contributed by atoms with E-state index >= 15 is 0 Å². The van der Waals surface area contributed by atoms with Crippen LogP contribution in [0.1, 0.15) is 29.0 Å². The Balaban J connectivity index is 1.79. The summed E-state index contributed by atoms with van der Waals surface area (Å²) in [7, 11) is 0. The maximum Gasteiger partial charge on any atom is 0.270 e. The van der Waals surface area contributed by atoms with Gasteiger partial charge in [0.15, 0.2) is 0 Å². The van der Waals surface area contributed by atoms with Gasteiger partial charge in [-0.15, -0.1) is 0 Å². The van der Waals surface area contributed by atoms with Crippen LogP contribution in [0.4, 0.5) is 4.39 Å². The number of hydrogen-bond donors (Lipinski definition) is 1. The summed E-state index contributed by atoms with van der Waals surface area (Å²) in [6.07, 6.45) is 3.13. The smallest absolute Gasteiger partial charge is 0.270 e. The molecule has 1 aromatic heterocycles. The molecule has 3 aromatic rings. The highest BCUT2D eigenvalue weighted by Gasteiger charge is 2.16. The van der Waals surface area contributed by atoms with E-state index in [0.29, 0.717) is 5.69 Å². The number of imidazole rings is 1. The van der Waals surface area contributed by atoms with Crippen LogP contribution in [0.2, 0.25) is 0 Å². The Hall–Kier alpha value is -2.95. The normalized spacial score (nSPS) is 11.9. The topological polar surface area (TPSA) is 46.9 Å². The van der Waals surface area contributed by atoms with Crippen molar-refractivity contribution in [2.24, 2.45) is 0 Å². The van der Waals surface area contributed by atoms with Crippen LogP contribution >= 0.6 is 0 Å². The van der Waals surface area contributed by atoms with Crippen LogP contribution in [0.25, 0.3) is 5.69 Å². The van der Waals surface area contributed by atoms with Crippen LogP contribution < -0.4 is 5.32 Å². The molecule has 116 valence electrons. The van der Waals surface area contributed by atoms with Gasteiger partial charge in [-0.3, -0.25) is 9.36 Å². The highest BCUT2D eigenvalue weighted by Crippen LogP contribution is 2.15. The van der Waals surface area contributed by atoms with Gasteiger partial charge in [0.05, 0.1) is 18.6 Å². The number of nitrogens with zero attached hydrogens (tertiary/aromatic N) is 2. The molecule has 3 rings (SSSR count). The van der Waals surface area contributed by atoms with Gasteiger partial charge in [-0.2, -0.15) is 0 Å². The van der Waals surface area contributed by atoms with Crippen molar-refractivity contribution >= 4 is 5.91 Å². The fourth-order valence-electron chi connectivity index (χ4n) is 2.36. The molecule has 23 heavy (non-hydrogen) atoms. The standard InChI is InChI=1S/C18H16FN3O/c1-13(14-7-9-15(19)10-8-14)21-18(23)17-11-20-12-22(17)16-5-3-2-4-6-16/h2-13H,1H3,(H,21,23)/t13-/m0/s1. The molecule has 0 aliphatic rings. The Labute approximate surface area is 133 Å². The number of halogens is 1. The molecule has 1 atom stereocenters. The lowest BCUT2D eigenvalue weighted by atomic mass is 10.1. The van der Waals surface area contributed by atoms with E-state index in [-0.39, 0.29) is 17.8 Å². The lowest BCUT2D eigenvalue weighted by Crippen LogP contribution is -2.28. The fraction of sp³-hybridized carbons (Fsp3) is 0.111. The minimum atomic E-state index is -0.297. The van der Waals surface area contributed by atoms with E-state index in [1.165, 1.54) is 18.3 Å². The SMILES string of the molecule is C[C@H](NC(=O)c1cncn1-c1ccccc1)c1ccc(F)cc1. The van der Waals surface area contributed by atoms with Gasteiger partial charge >= 0.3 is 0 Å². The summed E-state index contributed by atoms with van der Waals surface area (Å²) < 4.78 is 14.7. The summed E-state index contributed by atoms with van der Waals surface area (Å²) in [6, 6.07) is 15.4. The Morgan fingerprint density at radius 1 is 1.13 bits per heavy atom. The van der Waals surface area contributed by atoms with Crippen LogP contribution in [0, 0.1) is 5.82 Å². The van der Waals surface area contributed by atoms with E-state index in [1.54, 1.807) is 23.0 Å². The lowest BCUT2D eigenvalue weighted by Gasteiger charge is -2.15. The van der Waals surface area contributed by atoms with E-state index in [4.69, 9.17) is 0 Å². The van der Waals surface area contributed by atoms with Gasteiger partial charge < -0.3 is 5.32 Å². The van der Waals surface area contributed by atoms with E-state index in [9.17, 15) is 9.18 Å². The van der Waals surface area contributed by atoms with Crippen molar-refractivity contribution < 1.29 is 9.18 Å². The van der Waals surface area contributed by atoms with Gasteiger partial charge in [0.25, 0.3) is 5.91 Å². The molecular weight excluding hydrogens is 293 g/mol. The maximum atomic E-state index is 13.0. The average molecular weight is 309 g/mol. The first-order chi connectivity index (χ1) is 11.1. The van der Waals surface area contributed by atoms with Crippen molar-refractivity contribution in [2.75, 3.05) is 0 Å². The Bertz CT molecular complexity index is 797. The monoisotopic (exact) mass is 309 g/mol. The molecule has 1 heterocycles. The molecule has 0 saturated carbocycles. The predicted octanol–water partition coefficient (Wildman–Crippen LogP) is 3.50. The molecule has 1 amide bonds. The Morgan fingerprint density at radius 2 is 1.83 bits per heavy atom. The average Bonchev–Trinajstić information content (AvgIpc) is 3.06. The van der Waals surface area contributed by atoms with E-state index in [0.717, 1.165) is 11.3 Å². The van der Waals surface area contributed by atoms with Crippen molar-refractivity contribution in [1.29, 1.82) is 0 Å². The molecule has 0 spiro atoms. The molecule has 0 bridgehead atoms. The number of hydrogen-bond acceptors (Lipinski definition) is 2. The highest BCUT2D eigenvalue weighted by molar-refractivity contribution is 5.93. The summed E-state index contributed by atoms with van der Waals surface area (Å²) in [5, 5.41) is 2.91. The third-order valence-corrected chi connectivity index (χ3v) is 3.62. The molecular formula is C18H16FN3O. The molecule has 0 saturated heterocycles. The van der Waals surface area contributed by atoms with Crippen molar-refractivity contribution in [2.45, 2.75) is 13.0 Å². The van der Waals surface area contributed by atoms with Crippen LogP contribution in [-0.2, 0) is 0 Å². The van der Waals surface area contributed by atoms with Crippen molar-refractivity contribution in [3.8, 4) is 5.69 Å². The quantitative estimate of drug-likeness (QED) is 0.802. The van der Waals surface area contributed by atoms with Gasteiger partial charge in [0, 0.05) is 5.69 Å². The molecule has 0 aliphatic carbocycles. The predicted molar refractivity (Wildman–Crippen MR) is 85.8 cm³/mol. The zero-order valence-corrected chi connectivity index (χ0v) is 12.6. The lowest BCUT2D eigenvalue weighted by molar-refractivity contribution is 0.0933. The second-order valence-electron chi connectivity index (χ2n) is 5.23. The summed E-state index contributed by atoms with van der Waals surface area (Å²) >= 11 is 0. The van der Waals surface area contributed by atoms with Gasteiger partial charge in [-0.25, -0.2) is 9.37 Å². The molecule has 0 fully saturated rings. The molecule has 5 heteroatoms. The minimum Gasteiger partial charge on any atom is -0.344 e. The minimum absolute atomic E-state index is 0.233. The van der Waals surface area contributed by atoms with Crippen molar-refractivity contribution in [3.05, 3.63) is 84.2 Å². The second-order valence-corrected chi connectivity index (χ2v) is 5.23. The molecule has 0 aliphatic heterocycles. The Morgan fingerprint density at radius 3 is 2.52 bits per heavy atom. The van der Waals surface area contributed by atoms with Crippen LogP contribution in [0.15, 0.2) is 67.1 Å². The van der Waals surface area contributed by atoms with Gasteiger partial charge in [-0.1, -0.05) is 30.3 Å². The number of aromatic nitrogens is 2. The van der Waals surface area contributed by atoms with E-state index < -0.39 is 0 Å². The fourth-order valence-corrected chi connectivity index (χ4v) is 2.36. The number of para-hydroxylation sites is 1. The number of carbonyl (C=O) groups is 1. The zero-order chi connectivity index (χ0) is 16.2. The number of rotatable bonds is 4. The van der Waals surface area contributed by atoms with Crippen molar-refractivity contribution in [1.82, 2.24) is 14.9 Å². The van der Waals surface area contributed by atoms with Crippen molar-refractivity contribution in [3.63, 3.8) is 0 Å². The largest absolute Gasteiger partial charge is 0.344 e. The first-order valence-corrected chi connectivity index (χ1v) is 7.29. The van der Waals surface area contributed by atoms with Crippen LogP contribution in [0.5, 0.6) is 0 Å². The first-order valence-electron chi connectivity index (χ1n) is 7.29. The van der Waals surface area contributed by atoms with E-state index in [1.807, 2.05) is 37.3 Å². The second kappa shape index (κ2) is 6.44. The molecule has 0 unspecified atom stereocenters. The zero-order valence-electron chi connectivity index (χ0n) is 12.6. The summed E-state index contributed by atoms with van der Waals surface area (Å²) in [5.41, 5.74) is 2.15. The van der Waals surface area contributed by atoms with Crippen LogP contribution in [-0.4, -0.2) is 15.5 Å². The molecule has 2 aromatic carbocycles. The third kappa shape index (κ3) is 3.29. The van der Waals surface area contributed by atoms with E-state index in [2.05, 4.69) is 10.3 Å². The first kappa shape index (κ1) is 15.0. The van der Waals surface area contributed by atoms with Gasteiger partial charge in [0.1, 0.15) is 11.5 Å². The van der Waals surface area contributed by atoms with Crippen LogP contribution in [0.3, 0.4) is 0 Å². The molecule has 0 radical (unpaired) electrons. The Kier molecular flexibility index (Phi) is 4.19.